The minimum atomic E-state index is -0.272. The van der Waals surface area contributed by atoms with E-state index in [4.69, 9.17) is 10.5 Å². The van der Waals surface area contributed by atoms with Crippen LogP contribution >= 0.6 is 12.4 Å². The van der Waals surface area contributed by atoms with Crippen LogP contribution in [0.25, 0.3) is 0 Å². The molecule has 4 nitrogen and oxygen atoms in total. The van der Waals surface area contributed by atoms with Crippen molar-refractivity contribution in [3.8, 4) is 0 Å². The number of amides is 1. The lowest BCUT2D eigenvalue weighted by Gasteiger charge is -2.32. The van der Waals surface area contributed by atoms with Crippen molar-refractivity contribution in [1.82, 2.24) is 5.32 Å². The SMILES string of the molecule is CC1CC(C)CC(NC(=O)[C@@H]2CC[C@H](CN)O2)C1.Cl. The zero-order valence-corrected chi connectivity index (χ0v) is 12.7. The van der Waals surface area contributed by atoms with Crippen molar-refractivity contribution in [2.24, 2.45) is 17.6 Å². The molecule has 3 N–H and O–H groups in total. The number of carbonyl (C=O) groups is 1. The molecule has 0 radical (unpaired) electrons. The fraction of sp³-hybridized carbons (Fsp3) is 0.929. The van der Waals surface area contributed by atoms with E-state index in [0.717, 1.165) is 25.7 Å². The summed E-state index contributed by atoms with van der Waals surface area (Å²) in [5.41, 5.74) is 5.56. The molecule has 5 heteroatoms. The average molecular weight is 291 g/mol. The van der Waals surface area contributed by atoms with Gasteiger partial charge in [-0.3, -0.25) is 4.79 Å². The maximum atomic E-state index is 12.1. The van der Waals surface area contributed by atoms with E-state index in [0.29, 0.717) is 24.4 Å². The van der Waals surface area contributed by atoms with Crippen LogP contribution in [-0.2, 0) is 9.53 Å². The minimum absolute atomic E-state index is 0. The second-order valence-electron chi connectivity index (χ2n) is 6.18. The van der Waals surface area contributed by atoms with E-state index < -0.39 is 0 Å². The van der Waals surface area contributed by atoms with Gasteiger partial charge in [0.25, 0.3) is 0 Å². The second-order valence-corrected chi connectivity index (χ2v) is 6.18. The molecule has 2 rings (SSSR count). The van der Waals surface area contributed by atoms with Crippen molar-refractivity contribution in [3.63, 3.8) is 0 Å². The van der Waals surface area contributed by atoms with E-state index >= 15 is 0 Å². The van der Waals surface area contributed by atoms with Crippen LogP contribution in [0.5, 0.6) is 0 Å². The maximum Gasteiger partial charge on any atom is 0.249 e. The predicted octanol–water partition coefficient (Wildman–Crippen LogP) is 1.86. The van der Waals surface area contributed by atoms with Gasteiger partial charge in [0.15, 0.2) is 0 Å². The molecule has 1 amide bonds. The van der Waals surface area contributed by atoms with Crippen LogP contribution in [0.15, 0.2) is 0 Å². The number of rotatable bonds is 3. The Bertz CT molecular complexity index is 291. The Kier molecular flexibility index (Phi) is 6.57. The molecule has 2 unspecified atom stereocenters. The largest absolute Gasteiger partial charge is 0.364 e. The van der Waals surface area contributed by atoms with Gasteiger partial charge in [0.05, 0.1) is 6.10 Å². The highest BCUT2D eigenvalue weighted by molar-refractivity contribution is 5.85. The normalized spacial score (nSPS) is 38.6. The Morgan fingerprint density at radius 3 is 2.37 bits per heavy atom. The van der Waals surface area contributed by atoms with Gasteiger partial charge in [-0.1, -0.05) is 13.8 Å². The first-order chi connectivity index (χ1) is 8.58. The third-order valence-corrected chi connectivity index (χ3v) is 4.19. The van der Waals surface area contributed by atoms with Crippen LogP contribution in [0.1, 0.15) is 46.0 Å². The summed E-state index contributed by atoms with van der Waals surface area (Å²) < 4.78 is 5.63. The van der Waals surface area contributed by atoms with E-state index in [1.807, 2.05) is 0 Å². The first-order valence-corrected chi connectivity index (χ1v) is 7.24. The van der Waals surface area contributed by atoms with Crippen LogP contribution < -0.4 is 11.1 Å². The Balaban J connectivity index is 0.00000180. The molecule has 2 fully saturated rings. The summed E-state index contributed by atoms with van der Waals surface area (Å²) in [6.45, 7) is 5.05. The Morgan fingerprint density at radius 2 is 1.84 bits per heavy atom. The molecule has 1 aliphatic carbocycles. The molecular weight excluding hydrogens is 264 g/mol. The van der Waals surface area contributed by atoms with Gasteiger partial charge in [-0.05, 0) is 43.9 Å². The van der Waals surface area contributed by atoms with Crippen molar-refractivity contribution in [3.05, 3.63) is 0 Å². The summed E-state index contributed by atoms with van der Waals surface area (Å²) in [4.78, 5) is 12.1. The molecular formula is C14H27ClN2O2. The summed E-state index contributed by atoms with van der Waals surface area (Å²) in [7, 11) is 0. The highest BCUT2D eigenvalue weighted by Gasteiger charge is 2.32. The standard InChI is InChI=1S/C14H26N2O2.ClH/c1-9-5-10(2)7-11(6-9)16-14(17)13-4-3-12(8-15)18-13;/h9-13H,3-8,15H2,1-2H3,(H,16,17);1H/t9?,10?,11?,12-,13+;/m1./s1. The van der Waals surface area contributed by atoms with Gasteiger partial charge in [-0.2, -0.15) is 0 Å². The third kappa shape index (κ3) is 4.62. The fourth-order valence-corrected chi connectivity index (χ4v) is 3.43. The number of nitrogens with two attached hydrogens (primary N) is 1. The third-order valence-electron chi connectivity index (χ3n) is 4.19. The second kappa shape index (κ2) is 7.46. The first kappa shape index (κ1) is 16.7. The van der Waals surface area contributed by atoms with Crippen molar-refractivity contribution in [2.75, 3.05) is 6.54 Å². The molecule has 1 aliphatic heterocycles. The molecule has 0 aromatic carbocycles. The van der Waals surface area contributed by atoms with Crippen molar-refractivity contribution < 1.29 is 9.53 Å². The first-order valence-electron chi connectivity index (χ1n) is 7.24. The summed E-state index contributed by atoms with van der Waals surface area (Å²) in [6, 6.07) is 0.330. The number of nitrogens with one attached hydrogen (secondary N) is 1. The highest BCUT2D eigenvalue weighted by Crippen LogP contribution is 2.29. The van der Waals surface area contributed by atoms with Gasteiger partial charge >= 0.3 is 0 Å². The lowest BCUT2D eigenvalue weighted by atomic mass is 9.80. The van der Waals surface area contributed by atoms with Crippen LogP contribution in [0.3, 0.4) is 0 Å². The Hall–Kier alpha value is -0.320. The lowest BCUT2D eigenvalue weighted by Crippen LogP contribution is -2.44. The number of hydrogen-bond donors (Lipinski definition) is 2. The molecule has 112 valence electrons. The van der Waals surface area contributed by atoms with Gasteiger partial charge < -0.3 is 15.8 Å². The molecule has 1 heterocycles. The molecule has 2 aliphatic rings. The Labute approximate surface area is 122 Å². The van der Waals surface area contributed by atoms with Gasteiger partial charge in [-0.15, -0.1) is 12.4 Å². The smallest absolute Gasteiger partial charge is 0.249 e. The predicted molar refractivity (Wildman–Crippen MR) is 78.3 cm³/mol. The van der Waals surface area contributed by atoms with Crippen LogP contribution in [-0.4, -0.2) is 30.7 Å². The Morgan fingerprint density at radius 1 is 1.21 bits per heavy atom. The molecule has 0 aromatic heterocycles. The van der Waals surface area contributed by atoms with Crippen molar-refractivity contribution >= 4 is 18.3 Å². The number of ether oxygens (including phenoxy) is 1. The van der Waals surface area contributed by atoms with Crippen molar-refractivity contribution in [2.45, 2.75) is 64.2 Å². The molecule has 1 saturated carbocycles. The molecule has 19 heavy (non-hydrogen) atoms. The summed E-state index contributed by atoms with van der Waals surface area (Å²) >= 11 is 0. The van der Waals surface area contributed by atoms with Crippen LogP contribution in [0.2, 0.25) is 0 Å². The molecule has 1 saturated heterocycles. The van der Waals surface area contributed by atoms with Gasteiger partial charge in [0.1, 0.15) is 6.10 Å². The monoisotopic (exact) mass is 290 g/mol. The highest BCUT2D eigenvalue weighted by atomic mass is 35.5. The van der Waals surface area contributed by atoms with Crippen LogP contribution in [0, 0.1) is 11.8 Å². The average Bonchev–Trinajstić information content (AvgIpc) is 2.75. The lowest BCUT2D eigenvalue weighted by molar-refractivity contribution is -0.133. The molecule has 0 spiro atoms. The molecule has 0 bridgehead atoms. The summed E-state index contributed by atoms with van der Waals surface area (Å²) in [6.07, 6.45) is 5.00. The zero-order chi connectivity index (χ0) is 13.1. The van der Waals surface area contributed by atoms with E-state index in [-0.39, 0.29) is 30.5 Å². The van der Waals surface area contributed by atoms with Gasteiger partial charge in [0, 0.05) is 12.6 Å². The number of carbonyl (C=O) groups excluding carboxylic acids is 1. The van der Waals surface area contributed by atoms with E-state index in [9.17, 15) is 4.79 Å². The van der Waals surface area contributed by atoms with Gasteiger partial charge in [-0.25, -0.2) is 0 Å². The van der Waals surface area contributed by atoms with E-state index in [2.05, 4.69) is 19.2 Å². The van der Waals surface area contributed by atoms with Gasteiger partial charge in [0.2, 0.25) is 5.91 Å². The summed E-state index contributed by atoms with van der Waals surface area (Å²) in [5, 5.41) is 3.16. The maximum absolute atomic E-state index is 12.1. The minimum Gasteiger partial charge on any atom is -0.364 e. The van der Waals surface area contributed by atoms with Crippen molar-refractivity contribution in [1.29, 1.82) is 0 Å². The number of halogens is 1. The molecule has 4 atom stereocenters. The van der Waals surface area contributed by atoms with Crippen LogP contribution in [0.4, 0.5) is 0 Å². The quantitative estimate of drug-likeness (QED) is 0.834. The van der Waals surface area contributed by atoms with E-state index in [1.165, 1.54) is 6.42 Å². The number of hydrogen-bond acceptors (Lipinski definition) is 3. The molecule has 0 aromatic rings. The zero-order valence-electron chi connectivity index (χ0n) is 11.9. The van der Waals surface area contributed by atoms with E-state index in [1.54, 1.807) is 0 Å². The topological polar surface area (TPSA) is 64.4 Å². The summed E-state index contributed by atoms with van der Waals surface area (Å²) in [5.74, 6) is 1.48. The fourth-order valence-electron chi connectivity index (χ4n) is 3.43.